The number of rotatable bonds is 5. The van der Waals surface area contributed by atoms with Crippen molar-refractivity contribution >= 4 is 17.6 Å². The molecular formula is C15H22ClNO2. The van der Waals surface area contributed by atoms with E-state index < -0.39 is 11.5 Å². The van der Waals surface area contributed by atoms with Crippen LogP contribution in [0.5, 0.6) is 0 Å². The third-order valence-corrected chi connectivity index (χ3v) is 3.99. The second-order valence-corrected chi connectivity index (χ2v) is 6.10. The minimum Gasteiger partial charge on any atom is -0.480 e. The predicted octanol–water partition coefficient (Wildman–Crippen LogP) is 3.52. The molecule has 1 rings (SSSR count). The van der Waals surface area contributed by atoms with E-state index in [4.69, 9.17) is 17.3 Å². The first-order chi connectivity index (χ1) is 8.71. The van der Waals surface area contributed by atoms with Crippen molar-refractivity contribution < 1.29 is 9.90 Å². The van der Waals surface area contributed by atoms with Gasteiger partial charge in [0.1, 0.15) is 5.54 Å². The van der Waals surface area contributed by atoms with Crippen molar-refractivity contribution in [1.29, 1.82) is 0 Å². The van der Waals surface area contributed by atoms with E-state index in [9.17, 15) is 9.90 Å². The summed E-state index contributed by atoms with van der Waals surface area (Å²) in [6.07, 6.45) is 0. The largest absolute Gasteiger partial charge is 0.480 e. The van der Waals surface area contributed by atoms with Gasteiger partial charge in [0.25, 0.3) is 0 Å². The number of carboxylic acid groups (broad SMARTS) is 1. The maximum atomic E-state index is 11.7. The van der Waals surface area contributed by atoms with E-state index in [0.717, 1.165) is 5.56 Å². The zero-order valence-corrected chi connectivity index (χ0v) is 12.6. The Morgan fingerprint density at radius 1 is 1.21 bits per heavy atom. The van der Waals surface area contributed by atoms with Gasteiger partial charge in [-0.1, -0.05) is 51.4 Å². The number of carbonyl (C=O) groups is 1. The Labute approximate surface area is 119 Å². The topological polar surface area (TPSA) is 63.3 Å². The van der Waals surface area contributed by atoms with E-state index in [-0.39, 0.29) is 17.8 Å². The predicted molar refractivity (Wildman–Crippen MR) is 78.4 cm³/mol. The van der Waals surface area contributed by atoms with Crippen LogP contribution in [0, 0.1) is 11.8 Å². The van der Waals surface area contributed by atoms with Crippen molar-refractivity contribution in [3.63, 3.8) is 0 Å². The minimum absolute atomic E-state index is 0.115. The zero-order valence-electron chi connectivity index (χ0n) is 11.9. The fourth-order valence-corrected chi connectivity index (χ4v) is 2.75. The van der Waals surface area contributed by atoms with Gasteiger partial charge in [0.05, 0.1) is 0 Å². The molecule has 0 aliphatic carbocycles. The lowest BCUT2D eigenvalue weighted by Gasteiger charge is -2.39. The van der Waals surface area contributed by atoms with Gasteiger partial charge < -0.3 is 10.8 Å². The molecule has 106 valence electrons. The van der Waals surface area contributed by atoms with Crippen LogP contribution in [0.4, 0.5) is 0 Å². The Morgan fingerprint density at radius 3 is 2.00 bits per heavy atom. The van der Waals surface area contributed by atoms with E-state index in [1.165, 1.54) is 0 Å². The maximum Gasteiger partial charge on any atom is 0.324 e. The normalized spacial score (nSPS) is 16.4. The lowest BCUT2D eigenvalue weighted by molar-refractivity contribution is -0.147. The van der Waals surface area contributed by atoms with E-state index in [2.05, 4.69) is 0 Å². The monoisotopic (exact) mass is 283 g/mol. The van der Waals surface area contributed by atoms with Crippen LogP contribution < -0.4 is 5.73 Å². The van der Waals surface area contributed by atoms with Gasteiger partial charge in [0, 0.05) is 10.9 Å². The van der Waals surface area contributed by atoms with Crippen molar-refractivity contribution in [2.24, 2.45) is 17.6 Å². The number of carboxylic acids is 1. The molecule has 0 aromatic heterocycles. The molecule has 1 aromatic carbocycles. The van der Waals surface area contributed by atoms with Gasteiger partial charge in [-0.3, -0.25) is 4.79 Å². The lowest BCUT2D eigenvalue weighted by Crippen LogP contribution is -2.58. The minimum atomic E-state index is -1.29. The summed E-state index contributed by atoms with van der Waals surface area (Å²) >= 11 is 5.89. The molecule has 0 heterocycles. The molecule has 19 heavy (non-hydrogen) atoms. The summed E-state index contributed by atoms with van der Waals surface area (Å²) < 4.78 is 0. The summed E-state index contributed by atoms with van der Waals surface area (Å²) in [4.78, 5) is 11.7. The summed E-state index contributed by atoms with van der Waals surface area (Å²) in [6, 6.07) is 7.27. The molecule has 3 nitrogen and oxygen atoms in total. The fourth-order valence-electron chi connectivity index (χ4n) is 2.62. The number of benzene rings is 1. The number of hydrogen-bond acceptors (Lipinski definition) is 2. The highest BCUT2D eigenvalue weighted by Gasteiger charge is 2.47. The van der Waals surface area contributed by atoms with Crippen molar-refractivity contribution in [1.82, 2.24) is 0 Å². The number of aliphatic carboxylic acids is 1. The van der Waals surface area contributed by atoms with Crippen LogP contribution in [0.15, 0.2) is 24.3 Å². The molecule has 2 unspecified atom stereocenters. The van der Waals surface area contributed by atoms with Gasteiger partial charge in [-0.05, 0) is 29.5 Å². The number of hydrogen-bond donors (Lipinski definition) is 2. The van der Waals surface area contributed by atoms with Crippen LogP contribution in [0.3, 0.4) is 0 Å². The van der Waals surface area contributed by atoms with E-state index in [0.29, 0.717) is 5.02 Å². The second-order valence-electron chi connectivity index (χ2n) is 5.67. The summed E-state index contributed by atoms with van der Waals surface area (Å²) in [6.45, 7) is 7.68. The molecule has 4 heteroatoms. The summed E-state index contributed by atoms with van der Waals surface area (Å²) in [7, 11) is 0. The molecular weight excluding hydrogens is 262 g/mol. The Morgan fingerprint density at radius 2 is 1.68 bits per heavy atom. The van der Waals surface area contributed by atoms with Crippen molar-refractivity contribution in [2.45, 2.75) is 39.2 Å². The molecule has 1 aromatic rings. The van der Waals surface area contributed by atoms with Gasteiger partial charge in [0.15, 0.2) is 0 Å². The summed E-state index contributed by atoms with van der Waals surface area (Å²) in [5.74, 6) is -1.28. The van der Waals surface area contributed by atoms with Gasteiger partial charge >= 0.3 is 5.97 Å². The summed E-state index contributed by atoms with van der Waals surface area (Å²) in [5, 5.41) is 10.2. The Hall–Kier alpha value is -1.06. The maximum absolute atomic E-state index is 11.7. The number of nitrogens with two attached hydrogens (primary N) is 1. The third-order valence-electron chi connectivity index (χ3n) is 3.74. The molecule has 0 aliphatic rings. The first-order valence-corrected chi connectivity index (χ1v) is 6.86. The van der Waals surface area contributed by atoms with Crippen molar-refractivity contribution in [3.05, 3.63) is 34.9 Å². The number of halogens is 1. The standard InChI is InChI=1S/C15H22ClNO2/c1-9(2)13(11-5-7-12(16)8-6-11)15(17,10(3)4)14(18)19/h5-10,13H,17H2,1-4H3,(H,18,19). The van der Waals surface area contributed by atoms with Gasteiger partial charge in [-0.15, -0.1) is 0 Å². The molecule has 0 radical (unpaired) electrons. The first kappa shape index (κ1) is 16.0. The Bertz CT molecular complexity index is 442. The Kier molecular flexibility index (Phi) is 4.99. The summed E-state index contributed by atoms with van der Waals surface area (Å²) in [5.41, 5.74) is 5.89. The molecule has 3 N–H and O–H groups in total. The molecule has 0 saturated heterocycles. The van der Waals surface area contributed by atoms with Crippen LogP contribution >= 0.6 is 11.6 Å². The third kappa shape index (κ3) is 3.10. The van der Waals surface area contributed by atoms with Crippen LogP contribution in [0.25, 0.3) is 0 Å². The molecule has 0 saturated carbocycles. The van der Waals surface area contributed by atoms with Crippen LogP contribution in [0.1, 0.15) is 39.2 Å². The average Bonchev–Trinajstić information content (AvgIpc) is 2.30. The lowest BCUT2D eigenvalue weighted by atomic mass is 9.68. The SMILES string of the molecule is CC(C)C(c1ccc(Cl)cc1)C(N)(C(=O)O)C(C)C. The van der Waals surface area contributed by atoms with E-state index in [1.54, 1.807) is 12.1 Å². The van der Waals surface area contributed by atoms with Crippen LogP contribution in [0.2, 0.25) is 5.02 Å². The first-order valence-electron chi connectivity index (χ1n) is 6.49. The van der Waals surface area contributed by atoms with E-state index in [1.807, 2.05) is 39.8 Å². The van der Waals surface area contributed by atoms with Gasteiger partial charge in [-0.25, -0.2) is 0 Å². The fraction of sp³-hybridized carbons (Fsp3) is 0.533. The molecule has 0 aliphatic heterocycles. The highest BCUT2D eigenvalue weighted by Crippen LogP contribution is 2.38. The Balaban J connectivity index is 3.34. The smallest absolute Gasteiger partial charge is 0.324 e. The highest BCUT2D eigenvalue weighted by molar-refractivity contribution is 6.30. The second kappa shape index (κ2) is 5.93. The van der Waals surface area contributed by atoms with Crippen molar-refractivity contribution in [3.8, 4) is 0 Å². The molecule has 0 fully saturated rings. The average molecular weight is 284 g/mol. The van der Waals surface area contributed by atoms with Gasteiger partial charge in [-0.2, -0.15) is 0 Å². The van der Waals surface area contributed by atoms with E-state index >= 15 is 0 Å². The molecule has 0 amide bonds. The van der Waals surface area contributed by atoms with Crippen molar-refractivity contribution in [2.75, 3.05) is 0 Å². The zero-order chi connectivity index (χ0) is 14.8. The van der Waals surface area contributed by atoms with Crippen LogP contribution in [-0.2, 0) is 4.79 Å². The quantitative estimate of drug-likeness (QED) is 0.869. The van der Waals surface area contributed by atoms with Crippen LogP contribution in [-0.4, -0.2) is 16.6 Å². The molecule has 0 bridgehead atoms. The van der Waals surface area contributed by atoms with Gasteiger partial charge in [0.2, 0.25) is 0 Å². The molecule has 2 atom stereocenters. The molecule has 0 spiro atoms. The highest BCUT2D eigenvalue weighted by atomic mass is 35.5.